The minimum atomic E-state index is -5.08. The van der Waals surface area contributed by atoms with Gasteiger partial charge in [-0.2, -0.15) is 18.3 Å². The summed E-state index contributed by atoms with van der Waals surface area (Å²) in [5.74, 6) is -1.08. The number of nitrogens with zero attached hydrogens (tertiary/aromatic N) is 3. The molecule has 0 fully saturated rings. The quantitative estimate of drug-likeness (QED) is 0.337. The van der Waals surface area contributed by atoms with Gasteiger partial charge in [0.05, 0.1) is 17.4 Å². The van der Waals surface area contributed by atoms with Gasteiger partial charge in [-0.1, -0.05) is 18.2 Å². The smallest absolute Gasteiger partial charge is 0.372 e. The van der Waals surface area contributed by atoms with E-state index in [-0.39, 0.29) is 10.9 Å². The van der Waals surface area contributed by atoms with E-state index in [1.165, 1.54) is 89.2 Å². The summed E-state index contributed by atoms with van der Waals surface area (Å²) in [6.07, 6.45) is -2.24. The van der Waals surface area contributed by atoms with Crippen molar-refractivity contribution in [2.24, 2.45) is 5.73 Å². The molecule has 6 nitrogen and oxygen atoms in total. The van der Waals surface area contributed by atoms with Crippen molar-refractivity contribution in [2.45, 2.75) is 24.7 Å². The molecule has 184 valence electrons. The van der Waals surface area contributed by atoms with Crippen LogP contribution in [0, 0.1) is 5.82 Å². The van der Waals surface area contributed by atoms with Crippen molar-refractivity contribution in [1.82, 2.24) is 14.3 Å². The van der Waals surface area contributed by atoms with Crippen LogP contribution in [0.25, 0.3) is 27.5 Å². The Labute approximate surface area is 202 Å². The van der Waals surface area contributed by atoms with Gasteiger partial charge < -0.3 is 15.4 Å². The van der Waals surface area contributed by atoms with Crippen molar-refractivity contribution in [2.75, 3.05) is 0 Å². The zero-order valence-electron chi connectivity index (χ0n) is 18.9. The average molecular weight is 496 g/mol. The zero-order chi connectivity index (χ0) is 25.8. The van der Waals surface area contributed by atoms with Gasteiger partial charge in [-0.3, -0.25) is 4.79 Å². The third-order valence-corrected chi connectivity index (χ3v) is 6.45. The maximum atomic E-state index is 14.6. The molecule has 0 saturated carbocycles. The number of amides is 1. The number of primary amides is 1. The maximum Gasteiger partial charge on any atom is 0.425 e. The van der Waals surface area contributed by atoms with Crippen LogP contribution in [-0.4, -0.2) is 31.5 Å². The lowest BCUT2D eigenvalue weighted by molar-refractivity contribution is -0.247. The normalized spacial score (nSPS) is 14.7. The van der Waals surface area contributed by atoms with Gasteiger partial charge in [-0.15, -0.1) is 0 Å². The predicted octanol–water partition coefficient (Wildman–Crippen LogP) is 4.96. The molecule has 5 rings (SSSR count). The molecule has 3 N–H and O–H groups in total. The number of aromatic nitrogens is 3. The number of benzene rings is 3. The Kier molecular flexibility index (Phi) is 5.36. The van der Waals surface area contributed by atoms with Crippen LogP contribution in [-0.2, 0) is 10.4 Å². The highest BCUT2D eigenvalue weighted by Crippen LogP contribution is 2.47. The van der Waals surface area contributed by atoms with E-state index >= 15 is 0 Å². The van der Waals surface area contributed by atoms with Gasteiger partial charge >= 0.3 is 6.18 Å². The van der Waals surface area contributed by atoms with E-state index in [1.807, 2.05) is 0 Å². The SMILES string of the molecule is CC(C(N)=O)n1ccc2c(C(O)(c3ccc4c(cnn4-c4ccc(F)cc4)c3)C(F)(F)F)cccc21. The number of halogens is 4. The first-order chi connectivity index (χ1) is 17.0. The lowest BCUT2D eigenvalue weighted by atomic mass is 9.83. The first-order valence-electron chi connectivity index (χ1n) is 10.9. The second kappa shape index (κ2) is 8.20. The molecule has 0 radical (unpaired) electrons. The summed E-state index contributed by atoms with van der Waals surface area (Å²) in [5, 5.41) is 16.1. The lowest BCUT2D eigenvalue weighted by Gasteiger charge is -2.32. The van der Waals surface area contributed by atoms with Crippen LogP contribution in [0.5, 0.6) is 0 Å². The lowest BCUT2D eigenvalue weighted by Crippen LogP contribution is -2.43. The van der Waals surface area contributed by atoms with Crippen LogP contribution < -0.4 is 5.73 Å². The number of hydrogen-bond donors (Lipinski definition) is 2. The second-order valence-electron chi connectivity index (χ2n) is 8.55. The molecular formula is C26H20F4N4O2. The van der Waals surface area contributed by atoms with Crippen LogP contribution >= 0.6 is 0 Å². The standard InChI is InChI=1S/C26H20F4N4O2/c1-15(24(31)35)33-12-11-20-21(3-2-4-23(20)33)25(36,26(28,29)30)17-5-10-22-16(13-17)14-32-34(22)19-8-6-18(27)7-9-19/h2-15,36H,1H3,(H2,31,35). The molecule has 2 atom stereocenters. The Morgan fingerprint density at radius 1 is 1.03 bits per heavy atom. The van der Waals surface area contributed by atoms with E-state index in [9.17, 15) is 27.5 Å². The van der Waals surface area contributed by atoms with Crippen molar-refractivity contribution < 1.29 is 27.5 Å². The van der Waals surface area contributed by atoms with E-state index in [0.29, 0.717) is 22.1 Å². The predicted molar refractivity (Wildman–Crippen MR) is 126 cm³/mol. The Bertz CT molecular complexity index is 1600. The Hall–Kier alpha value is -4.18. The summed E-state index contributed by atoms with van der Waals surface area (Å²) >= 11 is 0. The number of alkyl halides is 3. The number of nitrogens with two attached hydrogens (primary N) is 1. The average Bonchev–Trinajstić information content (AvgIpc) is 3.46. The van der Waals surface area contributed by atoms with Gasteiger partial charge in [0.15, 0.2) is 0 Å². The van der Waals surface area contributed by atoms with Crippen molar-refractivity contribution >= 4 is 27.7 Å². The van der Waals surface area contributed by atoms with Gasteiger partial charge in [0, 0.05) is 28.0 Å². The molecule has 2 heterocycles. The molecular weight excluding hydrogens is 476 g/mol. The Morgan fingerprint density at radius 2 is 1.75 bits per heavy atom. The van der Waals surface area contributed by atoms with Crippen LogP contribution in [0.1, 0.15) is 24.1 Å². The van der Waals surface area contributed by atoms with Gasteiger partial charge in [-0.05, 0) is 61.0 Å². The van der Waals surface area contributed by atoms with Crippen molar-refractivity contribution in [1.29, 1.82) is 0 Å². The molecule has 0 spiro atoms. The van der Waals surface area contributed by atoms with Crippen molar-refractivity contribution in [3.63, 3.8) is 0 Å². The largest absolute Gasteiger partial charge is 0.425 e. The minimum absolute atomic E-state index is 0.132. The van der Waals surface area contributed by atoms with E-state index in [4.69, 9.17) is 5.73 Å². The monoisotopic (exact) mass is 496 g/mol. The molecule has 2 unspecified atom stereocenters. The molecule has 5 aromatic rings. The molecule has 2 aromatic heterocycles. The van der Waals surface area contributed by atoms with Crippen molar-refractivity contribution in [3.8, 4) is 5.69 Å². The molecule has 10 heteroatoms. The third kappa shape index (κ3) is 3.53. The summed E-state index contributed by atoms with van der Waals surface area (Å²) in [7, 11) is 0. The number of aliphatic hydroxyl groups is 1. The third-order valence-electron chi connectivity index (χ3n) is 6.45. The number of hydrogen-bond acceptors (Lipinski definition) is 3. The van der Waals surface area contributed by atoms with Crippen LogP contribution in [0.15, 0.2) is 79.1 Å². The minimum Gasteiger partial charge on any atom is -0.372 e. The van der Waals surface area contributed by atoms with E-state index in [1.54, 1.807) is 6.07 Å². The summed E-state index contributed by atoms with van der Waals surface area (Å²) in [6, 6.07) is 14.2. The van der Waals surface area contributed by atoms with Crippen LogP contribution in [0.4, 0.5) is 17.6 Å². The molecule has 0 saturated heterocycles. The number of rotatable bonds is 5. The fourth-order valence-corrected chi connectivity index (χ4v) is 4.50. The highest BCUT2D eigenvalue weighted by atomic mass is 19.4. The molecule has 0 aliphatic heterocycles. The van der Waals surface area contributed by atoms with E-state index in [2.05, 4.69) is 5.10 Å². The maximum absolute atomic E-state index is 14.6. The fraction of sp³-hybridized carbons (Fsp3) is 0.154. The Balaban J connectivity index is 1.69. The topological polar surface area (TPSA) is 86.1 Å². The molecule has 36 heavy (non-hydrogen) atoms. The second-order valence-corrected chi connectivity index (χ2v) is 8.55. The number of fused-ring (bicyclic) bond motifs is 2. The van der Waals surface area contributed by atoms with Gasteiger partial charge in [0.2, 0.25) is 11.5 Å². The molecule has 0 aliphatic rings. The Morgan fingerprint density at radius 3 is 2.42 bits per heavy atom. The molecule has 1 amide bonds. The highest BCUT2D eigenvalue weighted by Gasteiger charge is 2.57. The van der Waals surface area contributed by atoms with Crippen LogP contribution in [0.3, 0.4) is 0 Å². The summed E-state index contributed by atoms with van der Waals surface area (Å²) in [4.78, 5) is 11.7. The summed E-state index contributed by atoms with van der Waals surface area (Å²) in [6.45, 7) is 1.54. The van der Waals surface area contributed by atoms with E-state index in [0.717, 1.165) is 0 Å². The first kappa shape index (κ1) is 23.6. The molecule has 0 bridgehead atoms. The zero-order valence-corrected chi connectivity index (χ0v) is 18.9. The highest BCUT2D eigenvalue weighted by molar-refractivity contribution is 5.89. The van der Waals surface area contributed by atoms with E-state index < -0.39 is 35.1 Å². The summed E-state index contributed by atoms with van der Waals surface area (Å²) < 4.78 is 60.1. The first-order valence-corrected chi connectivity index (χ1v) is 10.9. The van der Waals surface area contributed by atoms with Gasteiger partial charge in [0.1, 0.15) is 11.9 Å². The fourth-order valence-electron chi connectivity index (χ4n) is 4.50. The number of carbonyl (C=O) groups excluding carboxylic acids is 1. The molecule has 3 aromatic carbocycles. The number of carbonyl (C=O) groups is 1. The van der Waals surface area contributed by atoms with Crippen LogP contribution in [0.2, 0.25) is 0 Å². The summed E-state index contributed by atoms with van der Waals surface area (Å²) in [5.41, 5.74) is 2.58. The van der Waals surface area contributed by atoms with Crippen molar-refractivity contribution in [3.05, 3.63) is 96.1 Å². The van der Waals surface area contributed by atoms with Gasteiger partial charge in [0.25, 0.3) is 0 Å². The van der Waals surface area contributed by atoms with Gasteiger partial charge in [-0.25, -0.2) is 9.07 Å². The molecule has 0 aliphatic carbocycles.